The Labute approximate surface area is 167 Å². The number of nitrogens with one attached hydrogen (secondary N) is 2. The normalized spacial score (nSPS) is 16.3. The van der Waals surface area contributed by atoms with Crippen LogP contribution in [0.1, 0.15) is 50.0 Å². The summed E-state index contributed by atoms with van der Waals surface area (Å²) < 4.78 is 61.4. The van der Waals surface area contributed by atoms with Crippen LogP contribution in [0.15, 0.2) is 6.20 Å². The van der Waals surface area contributed by atoms with E-state index in [-0.39, 0.29) is 36.2 Å². The molecular weight excluding hydrogens is 413 g/mol. The highest BCUT2D eigenvalue weighted by atomic mass is 32.2. The molecule has 29 heavy (non-hydrogen) atoms. The molecular formula is C17H25F3N4O4S. The van der Waals surface area contributed by atoms with Crippen molar-refractivity contribution in [2.45, 2.75) is 51.1 Å². The van der Waals surface area contributed by atoms with Gasteiger partial charge in [-0.15, -0.1) is 0 Å². The first-order valence-corrected chi connectivity index (χ1v) is 11.2. The minimum absolute atomic E-state index is 0.0163. The van der Waals surface area contributed by atoms with Gasteiger partial charge in [0.15, 0.2) is 9.84 Å². The molecule has 2 rings (SSSR count). The first-order chi connectivity index (χ1) is 13.5. The van der Waals surface area contributed by atoms with Crippen molar-refractivity contribution in [1.29, 1.82) is 0 Å². The Morgan fingerprint density at radius 2 is 1.97 bits per heavy atom. The summed E-state index contributed by atoms with van der Waals surface area (Å²) in [6.45, 7) is 2.11. The van der Waals surface area contributed by atoms with Crippen molar-refractivity contribution in [3.8, 4) is 0 Å². The Morgan fingerprint density at radius 1 is 1.24 bits per heavy atom. The maximum Gasteiger partial charge on any atom is 0.389 e. The predicted octanol–water partition coefficient (Wildman–Crippen LogP) is 2.15. The minimum atomic E-state index is -4.27. The van der Waals surface area contributed by atoms with Gasteiger partial charge in [-0.2, -0.15) is 13.2 Å². The Kier molecular flexibility index (Phi) is 7.66. The molecule has 8 nitrogen and oxygen atoms in total. The van der Waals surface area contributed by atoms with Crippen LogP contribution in [-0.2, 0) is 21.1 Å². The van der Waals surface area contributed by atoms with Crippen molar-refractivity contribution in [3.05, 3.63) is 17.7 Å². The smallest absolute Gasteiger partial charge is 0.346 e. The first kappa shape index (κ1) is 23.2. The lowest BCUT2D eigenvalue weighted by Gasteiger charge is -2.13. The van der Waals surface area contributed by atoms with E-state index in [0.29, 0.717) is 31.5 Å². The number of H-pyrrole nitrogens is 1. The molecule has 0 radical (unpaired) electrons. The number of alkyl halides is 3. The number of sulfone groups is 1. The van der Waals surface area contributed by atoms with Crippen LogP contribution in [0, 0.1) is 0 Å². The molecule has 0 aromatic carbocycles. The molecule has 1 unspecified atom stereocenters. The van der Waals surface area contributed by atoms with Gasteiger partial charge < -0.3 is 9.88 Å². The highest BCUT2D eigenvalue weighted by Crippen LogP contribution is 2.22. The quantitative estimate of drug-likeness (QED) is 0.406. The summed E-state index contributed by atoms with van der Waals surface area (Å²) in [5.74, 6) is -0.710. The maximum absolute atomic E-state index is 12.3. The SMILES string of the molecule is CC(CS(=O)(=O)CCCCCN1CC(=O)NC1=O)c1cnc(CCC(F)(F)F)[nH]1. The third-order valence-corrected chi connectivity index (χ3v) is 6.50. The number of nitrogens with zero attached hydrogens (tertiary/aromatic N) is 2. The fourth-order valence-electron chi connectivity index (χ4n) is 3.04. The number of aromatic nitrogens is 2. The number of aryl methyl sites for hydroxylation is 1. The summed E-state index contributed by atoms with van der Waals surface area (Å²) >= 11 is 0. The van der Waals surface area contributed by atoms with E-state index in [1.165, 1.54) is 11.1 Å². The number of carbonyl (C=O) groups excluding carboxylic acids is 2. The summed E-state index contributed by atoms with van der Waals surface area (Å²) in [5, 5.41) is 2.17. The van der Waals surface area contributed by atoms with E-state index >= 15 is 0 Å². The van der Waals surface area contributed by atoms with E-state index in [1.807, 2.05) is 0 Å². The summed E-state index contributed by atoms with van der Waals surface area (Å²) in [4.78, 5) is 30.5. The van der Waals surface area contributed by atoms with Crippen molar-refractivity contribution in [2.24, 2.45) is 0 Å². The molecule has 0 spiro atoms. The average Bonchev–Trinajstić information content (AvgIpc) is 3.18. The van der Waals surface area contributed by atoms with Crippen molar-refractivity contribution in [1.82, 2.24) is 20.2 Å². The van der Waals surface area contributed by atoms with E-state index in [0.717, 1.165) is 0 Å². The first-order valence-electron chi connectivity index (χ1n) is 9.35. The molecule has 3 amide bonds. The summed E-state index contributed by atoms with van der Waals surface area (Å²) in [5.41, 5.74) is 0.496. The van der Waals surface area contributed by atoms with Crippen LogP contribution in [0.3, 0.4) is 0 Å². The van der Waals surface area contributed by atoms with Crippen molar-refractivity contribution in [2.75, 3.05) is 24.6 Å². The minimum Gasteiger partial charge on any atom is -0.346 e. The molecule has 0 aliphatic carbocycles. The van der Waals surface area contributed by atoms with Gasteiger partial charge in [-0.1, -0.05) is 13.3 Å². The number of imidazole rings is 1. The molecule has 1 fully saturated rings. The number of hydrogen-bond donors (Lipinski definition) is 2. The topological polar surface area (TPSA) is 112 Å². The number of halogens is 3. The Balaban J connectivity index is 1.71. The van der Waals surface area contributed by atoms with Crippen molar-refractivity contribution < 1.29 is 31.2 Å². The van der Waals surface area contributed by atoms with Gasteiger partial charge in [0.1, 0.15) is 12.4 Å². The highest BCUT2D eigenvalue weighted by Gasteiger charge is 2.28. The molecule has 0 bridgehead atoms. The monoisotopic (exact) mass is 438 g/mol. The number of aromatic amines is 1. The third kappa shape index (κ3) is 8.03. The van der Waals surface area contributed by atoms with Crippen LogP contribution >= 0.6 is 0 Å². The lowest BCUT2D eigenvalue weighted by molar-refractivity contribution is -0.134. The molecule has 1 aromatic rings. The maximum atomic E-state index is 12.3. The number of urea groups is 1. The highest BCUT2D eigenvalue weighted by molar-refractivity contribution is 7.91. The zero-order valence-electron chi connectivity index (χ0n) is 16.1. The van der Waals surface area contributed by atoms with E-state index in [2.05, 4.69) is 15.3 Å². The number of unbranched alkanes of at least 4 members (excludes halogenated alkanes) is 2. The fourth-order valence-corrected chi connectivity index (χ4v) is 4.79. The van der Waals surface area contributed by atoms with Crippen molar-refractivity contribution >= 4 is 21.8 Å². The number of imide groups is 1. The largest absolute Gasteiger partial charge is 0.389 e. The van der Waals surface area contributed by atoms with Gasteiger partial charge >= 0.3 is 12.2 Å². The van der Waals surface area contributed by atoms with Crippen LogP contribution in [0.2, 0.25) is 0 Å². The van der Waals surface area contributed by atoms with Gasteiger partial charge in [0, 0.05) is 30.8 Å². The van der Waals surface area contributed by atoms with E-state index in [1.54, 1.807) is 6.92 Å². The molecule has 2 N–H and O–H groups in total. The molecule has 1 atom stereocenters. The van der Waals surface area contributed by atoms with E-state index < -0.39 is 34.4 Å². The zero-order valence-corrected chi connectivity index (χ0v) is 16.9. The van der Waals surface area contributed by atoms with Crippen molar-refractivity contribution in [3.63, 3.8) is 0 Å². The second-order valence-electron chi connectivity index (χ2n) is 7.25. The molecule has 1 aliphatic rings. The van der Waals surface area contributed by atoms with Crippen LogP contribution in [-0.4, -0.2) is 66.0 Å². The van der Waals surface area contributed by atoms with Crippen LogP contribution in [0.5, 0.6) is 0 Å². The Bertz CT molecular complexity index is 823. The second-order valence-corrected chi connectivity index (χ2v) is 9.48. The molecule has 0 saturated carbocycles. The van der Waals surface area contributed by atoms with Crippen LogP contribution in [0.25, 0.3) is 0 Å². The summed E-state index contributed by atoms with van der Waals surface area (Å²) in [7, 11) is -3.35. The van der Waals surface area contributed by atoms with Gasteiger partial charge in [0.2, 0.25) is 5.91 Å². The van der Waals surface area contributed by atoms with E-state index in [9.17, 15) is 31.2 Å². The summed E-state index contributed by atoms with van der Waals surface area (Å²) in [6.07, 6.45) is -2.53. The number of carbonyl (C=O) groups is 2. The lowest BCUT2D eigenvalue weighted by atomic mass is 10.1. The standard InChI is InChI=1S/C17H25F3N4O4S/c1-12(13-9-21-14(22-13)5-6-17(18,19)20)11-29(27,28)8-4-2-3-7-24-10-15(25)23-16(24)26/h9,12H,2-8,10-11H2,1H3,(H,21,22)(H,23,25,26). The molecule has 12 heteroatoms. The number of hydrogen-bond acceptors (Lipinski definition) is 5. The van der Waals surface area contributed by atoms with Gasteiger partial charge in [-0.05, 0) is 12.8 Å². The van der Waals surface area contributed by atoms with Gasteiger partial charge in [0.25, 0.3) is 0 Å². The Morgan fingerprint density at radius 3 is 2.59 bits per heavy atom. The molecule has 2 heterocycles. The van der Waals surface area contributed by atoms with Gasteiger partial charge in [-0.25, -0.2) is 18.2 Å². The number of rotatable bonds is 11. The molecule has 1 aromatic heterocycles. The number of amides is 3. The average molecular weight is 438 g/mol. The lowest BCUT2D eigenvalue weighted by Crippen LogP contribution is -2.29. The predicted molar refractivity (Wildman–Crippen MR) is 99.0 cm³/mol. The molecule has 1 aliphatic heterocycles. The third-order valence-electron chi connectivity index (χ3n) is 4.58. The van der Waals surface area contributed by atoms with Gasteiger partial charge in [0.05, 0.1) is 17.9 Å². The molecule has 164 valence electrons. The molecule has 1 saturated heterocycles. The second kappa shape index (κ2) is 9.59. The Hall–Kier alpha value is -2.11. The van der Waals surface area contributed by atoms with E-state index in [4.69, 9.17) is 0 Å². The van der Waals surface area contributed by atoms with Crippen LogP contribution in [0.4, 0.5) is 18.0 Å². The van der Waals surface area contributed by atoms with Crippen LogP contribution < -0.4 is 5.32 Å². The van der Waals surface area contributed by atoms with Gasteiger partial charge in [-0.3, -0.25) is 10.1 Å². The fraction of sp³-hybridized carbons (Fsp3) is 0.706. The zero-order chi connectivity index (χ0) is 21.7. The summed E-state index contributed by atoms with van der Waals surface area (Å²) in [6, 6.07) is -0.425.